The molecule has 0 radical (unpaired) electrons. The minimum Gasteiger partial charge on any atom is -0.445 e. The summed E-state index contributed by atoms with van der Waals surface area (Å²) >= 11 is 0. The minimum atomic E-state index is -0.995. The Morgan fingerprint density at radius 1 is 0.817 bits per heavy atom. The summed E-state index contributed by atoms with van der Waals surface area (Å²) in [5.41, 5.74) is 7.00. The lowest BCUT2D eigenvalue weighted by Gasteiger charge is -2.36. The van der Waals surface area contributed by atoms with Gasteiger partial charge in [-0.15, -0.1) is 0 Å². The van der Waals surface area contributed by atoms with Gasteiger partial charge < -0.3 is 56.7 Å². The standard InChI is InChI=1S/C59H93N9O12S2/c1-15-37(6)44(27-28-48(71)68-30-19-22-45(68)53(79-14)38(7)54(74)62-39(8)52(73)42-20-17-16-18-21-42)66(12)49(72)33-61-57(77)51(36(4)5)67(13)58(78)80-34-41-23-25-43(26-24-41)64-55(75)40(9)63-56(76)50(35(2)3)65-47(70)29-31-81-82-59(10,11)32-46(60)69/h16-18,20-21,23-26,35-40,44-45,50-53,73H,15,19,22,27-34H2,1-14H3,(H2,60,69)(H,61,77)(H,62,74)(H,63,76)(H,64,75)(H,65,70)/t37-,38+,39+,40-,44+,45-,50-,51-,52+,53+/m0/s1. The number of nitrogens with zero attached hydrogens (tertiary/aromatic N) is 3. The topological polar surface area (TPSA) is 288 Å². The van der Waals surface area contributed by atoms with Crippen LogP contribution in [0, 0.1) is 23.7 Å². The van der Waals surface area contributed by atoms with E-state index in [-0.39, 0.29) is 85.9 Å². The zero-order chi connectivity index (χ0) is 61.6. The number of carbonyl (C=O) groups is 9. The zero-order valence-corrected chi connectivity index (χ0v) is 52.2. The molecule has 3 rings (SSSR count). The highest BCUT2D eigenvalue weighted by atomic mass is 33.1. The van der Waals surface area contributed by atoms with E-state index >= 15 is 0 Å². The van der Waals surface area contributed by atoms with E-state index in [1.807, 2.05) is 45.9 Å². The lowest BCUT2D eigenvalue weighted by Crippen LogP contribution is -2.53. The lowest BCUT2D eigenvalue weighted by molar-refractivity contribution is -0.141. The first kappa shape index (κ1) is 70.4. The van der Waals surface area contributed by atoms with Crippen molar-refractivity contribution < 1.29 is 57.7 Å². The molecule has 10 atom stereocenters. The maximum Gasteiger partial charge on any atom is 0.410 e. The van der Waals surface area contributed by atoms with Crippen molar-refractivity contribution >= 4 is 80.6 Å². The molecule has 8 N–H and O–H groups in total. The Morgan fingerprint density at radius 2 is 1.46 bits per heavy atom. The smallest absolute Gasteiger partial charge is 0.410 e. The number of aliphatic hydroxyl groups excluding tert-OH is 1. The minimum absolute atomic E-state index is 0.00635. The van der Waals surface area contributed by atoms with Gasteiger partial charge in [0, 0.05) is 69.2 Å². The van der Waals surface area contributed by atoms with E-state index in [0.29, 0.717) is 42.0 Å². The van der Waals surface area contributed by atoms with Gasteiger partial charge in [-0.1, -0.05) is 119 Å². The molecule has 0 saturated carbocycles. The normalized spacial score (nSPS) is 16.7. The Kier molecular flexibility index (Phi) is 29.2. The fraction of sp³-hybridized carbons (Fsp3) is 0.644. The number of nitrogens with one attached hydrogen (secondary N) is 5. The first-order chi connectivity index (χ1) is 38.5. The van der Waals surface area contributed by atoms with Crippen LogP contribution in [0.15, 0.2) is 54.6 Å². The van der Waals surface area contributed by atoms with Crippen molar-refractivity contribution in [2.24, 2.45) is 29.4 Å². The van der Waals surface area contributed by atoms with Crippen LogP contribution in [0.4, 0.5) is 10.5 Å². The third-order valence-electron chi connectivity index (χ3n) is 14.9. The molecule has 458 valence electrons. The number of ether oxygens (including phenoxy) is 2. The third-order valence-corrected chi connectivity index (χ3v) is 18.2. The second-order valence-corrected chi connectivity index (χ2v) is 25.9. The van der Waals surface area contributed by atoms with Crippen LogP contribution in [0.2, 0.25) is 0 Å². The summed E-state index contributed by atoms with van der Waals surface area (Å²) in [5, 5.41) is 24.7. The van der Waals surface area contributed by atoms with E-state index in [1.54, 1.807) is 94.8 Å². The van der Waals surface area contributed by atoms with E-state index in [4.69, 9.17) is 15.2 Å². The molecule has 9 amide bonds. The molecule has 1 aliphatic rings. The van der Waals surface area contributed by atoms with E-state index in [9.17, 15) is 48.3 Å². The SMILES string of the molecule is CC[C@H](C)[C@@H](CCC(=O)N1CCC[C@H]1[C@H](OC)[C@@H](C)C(=O)N[C@H](C)[C@@H](O)c1ccccc1)N(C)C(=O)CNC(=O)[C@H](C(C)C)N(C)C(=O)OCc1ccc(NC(=O)[C@H](C)NC(=O)[C@@H](NC(=O)CCSSC(C)(C)CC(N)=O)C(C)C)cc1. The van der Waals surface area contributed by atoms with E-state index in [2.05, 4.69) is 26.6 Å². The van der Waals surface area contributed by atoms with Gasteiger partial charge >= 0.3 is 6.09 Å². The van der Waals surface area contributed by atoms with Crippen LogP contribution in [0.3, 0.4) is 0 Å². The number of likely N-dealkylation sites (N-methyl/N-ethyl adjacent to an activating group) is 2. The molecule has 82 heavy (non-hydrogen) atoms. The average molecular weight is 1180 g/mol. The van der Waals surface area contributed by atoms with Gasteiger partial charge in [0.15, 0.2) is 0 Å². The monoisotopic (exact) mass is 1180 g/mol. The number of hydrogen-bond acceptors (Lipinski definition) is 14. The summed E-state index contributed by atoms with van der Waals surface area (Å²) in [6.07, 6.45) is 0.677. The van der Waals surface area contributed by atoms with Crippen LogP contribution in [0.5, 0.6) is 0 Å². The highest BCUT2D eigenvalue weighted by Gasteiger charge is 2.41. The van der Waals surface area contributed by atoms with Gasteiger partial charge in [0.1, 0.15) is 24.7 Å². The number of carbonyl (C=O) groups excluding carboxylic acids is 9. The van der Waals surface area contributed by atoms with Gasteiger partial charge in [-0.3, -0.25) is 43.3 Å². The molecule has 0 aliphatic carbocycles. The Labute approximate surface area is 493 Å². The molecule has 0 aromatic heterocycles. The molecule has 23 heteroatoms. The van der Waals surface area contributed by atoms with E-state index < -0.39 is 76.8 Å². The number of amides is 9. The second kappa shape index (κ2) is 34.0. The summed E-state index contributed by atoms with van der Waals surface area (Å²) in [6.45, 7) is 19.9. The largest absolute Gasteiger partial charge is 0.445 e. The van der Waals surface area contributed by atoms with Crippen molar-refractivity contribution in [2.45, 2.75) is 181 Å². The fourth-order valence-corrected chi connectivity index (χ4v) is 12.4. The average Bonchev–Trinajstić information content (AvgIpc) is 4.13. The third kappa shape index (κ3) is 22.0. The number of aliphatic hydroxyl groups is 1. The number of primary amides is 1. The summed E-state index contributed by atoms with van der Waals surface area (Å²) in [4.78, 5) is 123. The van der Waals surface area contributed by atoms with Crippen LogP contribution in [-0.2, 0) is 54.4 Å². The van der Waals surface area contributed by atoms with E-state index in [1.165, 1.54) is 47.6 Å². The molecule has 2 aromatic carbocycles. The van der Waals surface area contributed by atoms with Crippen molar-refractivity contribution in [1.82, 2.24) is 36.0 Å². The van der Waals surface area contributed by atoms with Crippen molar-refractivity contribution in [3.8, 4) is 0 Å². The number of methoxy groups -OCH3 is 1. The predicted molar refractivity (Wildman–Crippen MR) is 321 cm³/mol. The summed E-state index contributed by atoms with van der Waals surface area (Å²) in [6, 6.07) is 11.5. The molecule has 1 aliphatic heterocycles. The Balaban J connectivity index is 1.51. The van der Waals surface area contributed by atoms with Gasteiger partial charge in [-0.05, 0) is 88.0 Å². The molecule has 0 bridgehead atoms. The van der Waals surface area contributed by atoms with Gasteiger partial charge in [0.2, 0.25) is 47.3 Å². The number of anilines is 1. The first-order valence-corrected chi connectivity index (χ1v) is 30.7. The van der Waals surface area contributed by atoms with Crippen LogP contribution in [-0.4, -0.2) is 160 Å². The van der Waals surface area contributed by atoms with Crippen molar-refractivity contribution in [1.29, 1.82) is 0 Å². The highest BCUT2D eigenvalue weighted by Crippen LogP contribution is 2.38. The molecular weight excluding hydrogens is 1090 g/mol. The maximum atomic E-state index is 14.0. The van der Waals surface area contributed by atoms with Crippen molar-refractivity contribution in [3.05, 3.63) is 65.7 Å². The number of hydrogen-bond donors (Lipinski definition) is 7. The Bertz CT molecular complexity index is 2430. The summed E-state index contributed by atoms with van der Waals surface area (Å²) in [5.74, 6) is -3.89. The summed E-state index contributed by atoms with van der Waals surface area (Å²) < 4.78 is 11.1. The Morgan fingerprint density at radius 3 is 2.05 bits per heavy atom. The lowest BCUT2D eigenvalue weighted by atomic mass is 9.92. The zero-order valence-electron chi connectivity index (χ0n) is 50.6. The van der Waals surface area contributed by atoms with Crippen molar-refractivity contribution in [3.63, 3.8) is 0 Å². The number of rotatable bonds is 33. The van der Waals surface area contributed by atoms with Gasteiger partial charge in [0.05, 0.1) is 36.8 Å². The molecule has 0 unspecified atom stereocenters. The second-order valence-electron chi connectivity index (χ2n) is 22.8. The molecule has 1 fully saturated rings. The summed E-state index contributed by atoms with van der Waals surface area (Å²) in [7, 11) is 7.54. The maximum absolute atomic E-state index is 14.0. The van der Waals surface area contributed by atoms with Crippen LogP contribution in [0.25, 0.3) is 0 Å². The predicted octanol–water partition coefficient (Wildman–Crippen LogP) is 5.94. The van der Waals surface area contributed by atoms with Crippen molar-refractivity contribution in [2.75, 3.05) is 45.4 Å². The first-order valence-electron chi connectivity index (χ1n) is 28.4. The van der Waals surface area contributed by atoms with E-state index in [0.717, 1.165) is 12.8 Å². The molecular formula is C59H93N9O12S2. The fourth-order valence-electron chi connectivity index (χ4n) is 9.94. The number of likely N-dealkylation sites (tertiary alicyclic amines) is 1. The van der Waals surface area contributed by atoms with Gasteiger partial charge in [0.25, 0.3) is 0 Å². The molecule has 0 spiro atoms. The van der Waals surface area contributed by atoms with Crippen LogP contribution < -0.4 is 32.3 Å². The highest BCUT2D eigenvalue weighted by molar-refractivity contribution is 8.77. The molecule has 2 aromatic rings. The van der Waals surface area contributed by atoms with Crippen LogP contribution >= 0.6 is 21.6 Å². The quantitative estimate of drug-likeness (QED) is 0.0322. The van der Waals surface area contributed by atoms with Crippen LogP contribution in [0.1, 0.15) is 138 Å². The number of nitrogens with two attached hydrogens (primary N) is 1. The molecule has 21 nitrogen and oxygen atoms in total. The molecule has 1 saturated heterocycles. The van der Waals surface area contributed by atoms with Gasteiger partial charge in [-0.25, -0.2) is 4.79 Å². The number of benzene rings is 2. The van der Waals surface area contributed by atoms with Gasteiger partial charge in [-0.2, -0.15) is 0 Å². The Hall–Kier alpha value is -5.91. The molecule has 1 heterocycles.